The number of hydrogen-bond acceptors (Lipinski definition) is 22. The van der Waals surface area contributed by atoms with Crippen LogP contribution in [0.4, 0.5) is 0 Å². The Kier molecular flexibility index (Phi) is 23.5. The van der Waals surface area contributed by atoms with Gasteiger partial charge in [0.1, 0.15) is 73.2 Å². The average molecular weight is 809 g/mol. The highest BCUT2D eigenvalue weighted by atomic mass is 16.8. The third kappa shape index (κ3) is 15.2. The maximum Gasteiger partial charge on any atom is 0.187 e. The summed E-state index contributed by atoms with van der Waals surface area (Å²) < 4.78 is 65.4. The van der Waals surface area contributed by atoms with E-state index >= 15 is 0 Å². The van der Waals surface area contributed by atoms with E-state index in [2.05, 4.69) is 6.58 Å². The zero-order valence-corrected chi connectivity index (χ0v) is 30.6. The van der Waals surface area contributed by atoms with Crippen LogP contribution in [0.2, 0.25) is 0 Å². The second-order valence-electron chi connectivity index (χ2n) is 12.6. The molecule has 3 rings (SSSR count). The first-order valence-corrected chi connectivity index (χ1v) is 18.1. The number of aliphatic hydroxyl groups is 10. The van der Waals surface area contributed by atoms with Crippen molar-refractivity contribution in [3.8, 4) is 0 Å². The van der Waals surface area contributed by atoms with E-state index in [0.717, 1.165) is 0 Å². The average Bonchev–Trinajstić information content (AvgIpc) is 3.19. The Morgan fingerprint density at radius 3 is 1.16 bits per heavy atom. The zero-order chi connectivity index (χ0) is 40.2. The van der Waals surface area contributed by atoms with E-state index in [1.54, 1.807) is 6.08 Å². The van der Waals surface area contributed by atoms with Crippen molar-refractivity contribution in [2.75, 3.05) is 106 Å². The molecule has 0 amide bonds. The summed E-state index contributed by atoms with van der Waals surface area (Å²) in [5, 5.41) is 103. The maximum absolute atomic E-state index is 10.9. The van der Waals surface area contributed by atoms with Crippen LogP contribution >= 0.6 is 0 Å². The standard InChI is InChI=1S/C33H60O22/c1-2-3-44-4-5-45-6-7-46-8-9-47-10-11-48-12-13-49-14-15-50-31-27(42)24(39)29(20(17-35)52-31)55-33-28(43)25(40)30(21(18-36)53-33)54-32-26(41)23(38)22(37)19(16-34)51-32/h2,19-43H,1,3-18H2/t19-,20-,21-,22+,23+,24-,25-,26-,27-,28-,29-,30+,31+,32+,33+/m1/s1. The SMILES string of the molecule is C=CCOCCOCCOCCOCCOCCOCCO[C@H]1O[C@H](CO)[C@@H](O[C@@H]2O[C@H](CO)[C@H](O[C@@H]3O[C@H](CO)[C@H](O)[C@H](O)[C@H]3O)[C@H](O)[C@H]2O)[C@H](O)[C@H]1O. The maximum atomic E-state index is 10.9. The fourth-order valence-electron chi connectivity index (χ4n) is 5.67. The van der Waals surface area contributed by atoms with Crippen LogP contribution in [0, 0.1) is 0 Å². The van der Waals surface area contributed by atoms with Gasteiger partial charge in [-0.15, -0.1) is 6.58 Å². The Morgan fingerprint density at radius 2 is 0.745 bits per heavy atom. The van der Waals surface area contributed by atoms with Gasteiger partial charge in [0, 0.05) is 0 Å². The van der Waals surface area contributed by atoms with E-state index in [0.29, 0.717) is 59.5 Å². The first-order chi connectivity index (χ1) is 26.6. The molecule has 3 aliphatic rings. The summed E-state index contributed by atoms with van der Waals surface area (Å²) in [7, 11) is 0. The minimum atomic E-state index is -1.93. The highest BCUT2D eigenvalue weighted by Crippen LogP contribution is 2.32. The molecule has 0 saturated carbocycles. The van der Waals surface area contributed by atoms with E-state index < -0.39 is 112 Å². The fraction of sp³-hybridized carbons (Fsp3) is 0.939. The lowest BCUT2D eigenvalue weighted by molar-refractivity contribution is -0.379. The van der Waals surface area contributed by atoms with Crippen molar-refractivity contribution in [1.82, 2.24) is 0 Å². The third-order valence-corrected chi connectivity index (χ3v) is 8.68. The molecule has 22 heteroatoms. The number of rotatable bonds is 28. The van der Waals surface area contributed by atoms with Gasteiger partial charge in [0.05, 0.1) is 106 Å². The molecule has 0 radical (unpaired) electrons. The van der Waals surface area contributed by atoms with Gasteiger partial charge in [-0.25, -0.2) is 0 Å². The molecule has 3 saturated heterocycles. The second-order valence-corrected chi connectivity index (χ2v) is 12.6. The normalized spacial score (nSPS) is 36.9. The topological polar surface area (TPSA) is 313 Å². The van der Waals surface area contributed by atoms with Gasteiger partial charge in [0.15, 0.2) is 18.9 Å². The van der Waals surface area contributed by atoms with Crippen LogP contribution in [0.3, 0.4) is 0 Å². The summed E-state index contributed by atoms with van der Waals surface area (Å²) in [4.78, 5) is 0. The molecule has 10 N–H and O–H groups in total. The van der Waals surface area contributed by atoms with Crippen LogP contribution in [0.25, 0.3) is 0 Å². The molecule has 0 spiro atoms. The Morgan fingerprint density at radius 1 is 0.400 bits per heavy atom. The number of ether oxygens (including phenoxy) is 12. The predicted molar refractivity (Wildman–Crippen MR) is 180 cm³/mol. The minimum absolute atomic E-state index is 0.0694. The summed E-state index contributed by atoms with van der Waals surface area (Å²) >= 11 is 0. The molecule has 0 bridgehead atoms. The van der Waals surface area contributed by atoms with Crippen LogP contribution in [0.1, 0.15) is 0 Å². The lowest BCUT2D eigenvalue weighted by Crippen LogP contribution is -2.66. The summed E-state index contributed by atoms with van der Waals surface area (Å²) in [5.74, 6) is 0. The molecule has 0 unspecified atom stereocenters. The van der Waals surface area contributed by atoms with Crippen LogP contribution in [0.15, 0.2) is 12.7 Å². The van der Waals surface area contributed by atoms with Crippen molar-refractivity contribution in [3.63, 3.8) is 0 Å². The van der Waals surface area contributed by atoms with E-state index in [9.17, 15) is 51.1 Å². The van der Waals surface area contributed by atoms with Crippen molar-refractivity contribution in [2.24, 2.45) is 0 Å². The van der Waals surface area contributed by atoms with Gasteiger partial charge in [-0.05, 0) is 0 Å². The Labute approximate surface area is 318 Å². The number of hydrogen-bond donors (Lipinski definition) is 10. The lowest BCUT2D eigenvalue weighted by atomic mass is 9.96. The van der Waals surface area contributed by atoms with E-state index in [4.69, 9.17) is 56.8 Å². The molecular formula is C33H60O22. The van der Waals surface area contributed by atoms with Crippen LogP contribution in [-0.4, -0.2) is 249 Å². The summed E-state index contributed by atoms with van der Waals surface area (Å²) in [6.45, 7) is 5.69. The third-order valence-electron chi connectivity index (χ3n) is 8.68. The van der Waals surface area contributed by atoms with Crippen LogP contribution < -0.4 is 0 Å². The van der Waals surface area contributed by atoms with Gasteiger partial charge in [-0.3, -0.25) is 0 Å². The number of aliphatic hydroxyl groups excluding tert-OH is 10. The molecule has 0 aromatic rings. The predicted octanol–water partition coefficient (Wildman–Crippen LogP) is -6.26. The molecule has 324 valence electrons. The van der Waals surface area contributed by atoms with Gasteiger partial charge in [0.2, 0.25) is 0 Å². The van der Waals surface area contributed by atoms with Gasteiger partial charge in [-0.2, -0.15) is 0 Å². The lowest BCUT2D eigenvalue weighted by Gasteiger charge is -2.48. The molecule has 0 aromatic heterocycles. The molecule has 0 aromatic carbocycles. The molecule has 3 fully saturated rings. The van der Waals surface area contributed by atoms with Crippen molar-refractivity contribution in [3.05, 3.63) is 12.7 Å². The largest absolute Gasteiger partial charge is 0.394 e. The van der Waals surface area contributed by atoms with Gasteiger partial charge >= 0.3 is 0 Å². The minimum Gasteiger partial charge on any atom is -0.394 e. The quantitative estimate of drug-likeness (QED) is 0.0260. The van der Waals surface area contributed by atoms with Crippen molar-refractivity contribution in [1.29, 1.82) is 0 Å². The summed E-state index contributed by atoms with van der Waals surface area (Å²) in [6.07, 6.45) is -23.1. The molecule has 3 aliphatic heterocycles. The van der Waals surface area contributed by atoms with Crippen molar-refractivity contribution >= 4 is 0 Å². The molecule has 15 atom stereocenters. The van der Waals surface area contributed by atoms with Crippen molar-refractivity contribution < 1.29 is 108 Å². The highest BCUT2D eigenvalue weighted by molar-refractivity contribution is 4.96. The van der Waals surface area contributed by atoms with Gasteiger partial charge < -0.3 is 108 Å². The highest BCUT2D eigenvalue weighted by Gasteiger charge is 2.53. The Hall–Kier alpha value is -1.14. The summed E-state index contributed by atoms with van der Waals surface area (Å²) in [5.41, 5.74) is 0. The van der Waals surface area contributed by atoms with Crippen LogP contribution in [-0.2, 0) is 56.8 Å². The zero-order valence-electron chi connectivity index (χ0n) is 30.6. The first kappa shape index (κ1) is 48.2. The van der Waals surface area contributed by atoms with E-state index in [-0.39, 0.29) is 26.4 Å². The van der Waals surface area contributed by atoms with Crippen molar-refractivity contribution in [2.45, 2.75) is 92.1 Å². The van der Waals surface area contributed by atoms with E-state index in [1.807, 2.05) is 0 Å². The molecule has 3 heterocycles. The second kappa shape index (κ2) is 26.8. The molecule has 22 nitrogen and oxygen atoms in total. The smallest absolute Gasteiger partial charge is 0.187 e. The Balaban J connectivity index is 1.30. The molecule has 55 heavy (non-hydrogen) atoms. The Bertz CT molecular complexity index is 995. The van der Waals surface area contributed by atoms with E-state index in [1.165, 1.54) is 0 Å². The molecule has 0 aliphatic carbocycles. The molecular weight excluding hydrogens is 748 g/mol. The van der Waals surface area contributed by atoms with Gasteiger partial charge in [0.25, 0.3) is 0 Å². The fourth-order valence-corrected chi connectivity index (χ4v) is 5.67. The first-order valence-electron chi connectivity index (χ1n) is 18.1. The van der Waals surface area contributed by atoms with Crippen LogP contribution in [0.5, 0.6) is 0 Å². The van der Waals surface area contributed by atoms with Gasteiger partial charge in [-0.1, -0.05) is 6.08 Å². The summed E-state index contributed by atoms with van der Waals surface area (Å²) in [6, 6.07) is 0. The monoisotopic (exact) mass is 808 g/mol.